The lowest BCUT2D eigenvalue weighted by Gasteiger charge is -2.49. The van der Waals surface area contributed by atoms with E-state index in [2.05, 4.69) is 5.32 Å². The van der Waals surface area contributed by atoms with E-state index in [0.717, 1.165) is 36.9 Å². The Hall–Kier alpha value is -2.77. The number of benzene rings is 3. The molecule has 2 aliphatic heterocycles. The molecule has 5 rings (SSSR count). The Morgan fingerprint density at radius 3 is 2.65 bits per heavy atom. The fraction of sp³-hybridized carbons (Fsp3) is 0.406. The van der Waals surface area contributed by atoms with Gasteiger partial charge in [-0.25, -0.2) is 0 Å². The zero-order valence-corrected chi connectivity index (χ0v) is 24.4. The molecule has 2 N–H and O–H groups in total. The molecule has 0 aliphatic carbocycles. The smallest absolute Gasteiger partial charge is 0.253 e. The summed E-state index contributed by atoms with van der Waals surface area (Å²) in [5.74, 6) is 1.18. The Morgan fingerprint density at radius 2 is 1.95 bits per heavy atom. The average Bonchev–Trinajstić information content (AvgIpc) is 2.98. The quantitative estimate of drug-likeness (QED) is 0.317. The van der Waals surface area contributed by atoms with Crippen LogP contribution in [0.4, 0.5) is 0 Å². The van der Waals surface area contributed by atoms with Gasteiger partial charge in [-0.05, 0) is 80.3 Å². The molecule has 1 saturated heterocycles. The normalized spacial score (nSPS) is 22.7. The lowest BCUT2D eigenvalue weighted by Crippen LogP contribution is -2.58. The highest BCUT2D eigenvalue weighted by Crippen LogP contribution is 2.50. The summed E-state index contributed by atoms with van der Waals surface area (Å²) in [6, 6.07) is 20.6. The number of nitrogens with zero attached hydrogens (tertiary/aromatic N) is 1. The number of amides is 1. The summed E-state index contributed by atoms with van der Waals surface area (Å²) < 4.78 is 12.2. The second-order valence-corrected chi connectivity index (χ2v) is 11.7. The molecule has 212 valence electrons. The maximum Gasteiger partial charge on any atom is 0.253 e. The van der Waals surface area contributed by atoms with Gasteiger partial charge in [0.25, 0.3) is 5.91 Å². The molecule has 0 radical (unpaired) electrons. The maximum absolute atomic E-state index is 13.2. The number of aliphatic hydroxyl groups is 1. The highest BCUT2D eigenvalue weighted by molar-refractivity contribution is 6.42. The van der Waals surface area contributed by atoms with E-state index in [1.54, 1.807) is 18.1 Å². The highest BCUT2D eigenvalue weighted by Gasteiger charge is 2.50. The van der Waals surface area contributed by atoms with E-state index in [1.165, 1.54) is 0 Å². The molecule has 6 nitrogen and oxygen atoms in total. The van der Waals surface area contributed by atoms with Gasteiger partial charge in [0.2, 0.25) is 0 Å². The van der Waals surface area contributed by atoms with E-state index in [1.807, 2.05) is 67.7 Å². The highest BCUT2D eigenvalue weighted by atomic mass is 35.5. The van der Waals surface area contributed by atoms with Gasteiger partial charge >= 0.3 is 0 Å². The summed E-state index contributed by atoms with van der Waals surface area (Å²) >= 11 is 12.7. The molecule has 40 heavy (non-hydrogen) atoms. The van der Waals surface area contributed by atoms with Crippen molar-refractivity contribution >= 4 is 29.1 Å². The number of fused-ring (bicyclic) bond motifs is 1. The minimum absolute atomic E-state index is 0.0278. The van der Waals surface area contributed by atoms with Crippen LogP contribution in [-0.2, 0) is 0 Å². The van der Waals surface area contributed by atoms with Crippen LogP contribution in [0.1, 0.15) is 59.2 Å². The number of nitrogens with one attached hydrogen (secondary N) is 1. The number of halogens is 2. The molecule has 1 fully saturated rings. The summed E-state index contributed by atoms with van der Waals surface area (Å²) in [7, 11) is 3.45. The number of hydrogen-bond donors (Lipinski definition) is 2. The second kappa shape index (κ2) is 12.4. The molecule has 4 atom stereocenters. The van der Waals surface area contributed by atoms with Gasteiger partial charge in [-0.1, -0.05) is 47.5 Å². The molecule has 8 heteroatoms. The summed E-state index contributed by atoms with van der Waals surface area (Å²) in [4.78, 5) is 15.0. The van der Waals surface area contributed by atoms with E-state index in [-0.39, 0.29) is 17.7 Å². The molecule has 0 aromatic heterocycles. The lowest BCUT2D eigenvalue weighted by molar-refractivity contribution is -0.0921. The van der Waals surface area contributed by atoms with Crippen LogP contribution >= 0.6 is 23.2 Å². The summed E-state index contributed by atoms with van der Waals surface area (Å²) in [6.07, 6.45) is 2.53. The predicted octanol–water partition coefficient (Wildman–Crippen LogP) is 6.50. The SMILES string of the molecule is COc1ccc2c(c1)C(O)C(CC[C@H](CN(C)C(=O)c1ccccc1)c1ccc(Cl)c(Cl)c1)C1(CCCNC1)O2. The number of methoxy groups -OCH3 is 1. The topological polar surface area (TPSA) is 71.0 Å². The molecule has 0 bridgehead atoms. The minimum Gasteiger partial charge on any atom is -0.497 e. The van der Waals surface area contributed by atoms with Gasteiger partial charge in [0.1, 0.15) is 17.1 Å². The first-order chi connectivity index (χ1) is 19.3. The average molecular weight is 584 g/mol. The van der Waals surface area contributed by atoms with Crippen molar-refractivity contribution in [2.24, 2.45) is 5.92 Å². The first kappa shape index (κ1) is 28.7. The minimum atomic E-state index is -0.711. The van der Waals surface area contributed by atoms with Crippen LogP contribution < -0.4 is 14.8 Å². The fourth-order valence-electron chi connectivity index (χ4n) is 6.23. The molecular formula is C32H36Cl2N2O4. The number of piperidine rings is 1. The standard InChI is InChI=1S/C32H36Cl2N2O4/c1-36(31(38)21-7-4-3-5-8-21)19-23(22-10-13-27(33)28(34)17-22)9-12-26-30(37)25-18-24(39-2)11-14-29(25)40-32(26)15-6-16-35-20-32/h3-5,7-8,10-11,13-14,17-18,23,26,30,35,37H,6,9,12,15-16,19-20H2,1-2H3/t23-,26?,30?,32?/m1/s1. The number of ether oxygens (including phenoxy) is 2. The molecule has 3 unspecified atom stereocenters. The Labute approximate surface area is 246 Å². The van der Waals surface area contributed by atoms with E-state index < -0.39 is 11.7 Å². The predicted molar refractivity (Wildman–Crippen MR) is 159 cm³/mol. The molecular weight excluding hydrogens is 547 g/mol. The Bertz CT molecular complexity index is 1330. The molecule has 0 saturated carbocycles. The third-order valence-electron chi connectivity index (χ3n) is 8.39. The van der Waals surface area contributed by atoms with Gasteiger partial charge in [-0.3, -0.25) is 4.79 Å². The zero-order valence-electron chi connectivity index (χ0n) is 22.9. The van der Waals surface area contributed by atoms with Crippen molar-refractivity contribution in [1.29, 1.82) is 0 Å². The number of carbonyl (C=O) groups excluding carboxylic acids is 1. The van der Waals surface area contributed by atoms with Crippen molar-refractivity contribution in [1.82, 2.24) is 10.2 Å². The number of rotatable bonds is 8. The molecule has 2 heterocycles. The van der Waals surface area contributed by atoms with Crippen LogP contribution in [0.25, 0.3) is 0 Å². The van der Waals surface area contributed by atoms with Crippen LogP contribution in [0.5, 0.6) is 11.5 Å². The molecule has 1 amide bonds. The van der Waals surface area contributed by atoms with E-state index in [0.29, 0.717) is 46.6 Å². The van der Waals surface area contributed by atoms with Crippen molar-refractivity contribution in [2.45, 2.75) is 43.3 Å². The summed E-state index contributed by atoms with van der Waals surface area (Å²) in [5, 5.41) is 16.3. The molecule has 1 spiro atoms. The number of likely N-dealkylation sites (N-methyl/N-ethyl adjacent to an activating group) is 1. The molecule has 3 aromatic rings. The Balaban J connectivity index is 1.43. The van der Waals surface area contributed by atoms with Crippen molar-refractivity contribution in [3.05, 3.63) is 93.5 Å². The van der Waals surface area contributed by atoms with Gasteiger partial charge in [-0.15, -0.1) is 0 Å². The Kier molecular flexibility index (Phi) is 8.91. The Morgan fingerprint density at radius 1 is 1.15 bits per heavy atom. The number of hydrogen-bond acceptors (Lipinski definition) is 5. The van der Waals surface area contributed by atoms with Crippen molar-refractivity contribution < 1.29 is 19.4 Å². The van der Waals surface area contributed by atoms with Crippen molar-refractivity contribution in [2.75, 3.05) is 33.8 Å². The van der Waals surface area contributed by atoms with E-state index >= 15 is 0 Å². The van der Waals surface area contributed by atoms with Gasteiger partial charge in [0.15, 0.2) is 0 Å². The van der Waals surface area contributed by atoms with Crippen LogP contribution in [-0.4, -0.2) is 55.3 Å². The zero-order chi connectivity index (χ0) is 28.3. The van der Waals surface area contributed by atoms with Crippen LogP contribution in [0.3, 0.4) is 0 Å². The largest absolute Gasteiger partial charge is 0.497 e. The second-order valence-electron chi connectivity index (χ2n) is 10.9. The summed E-state index contributed by atoms with van der Waals surface area (Å²) in [6.45, 7) is 2.09. The van der Waals surface area contributed by atoms with Crippen molar-refractivity contribution in [3.8, 4) is 11.5 Å². The number of carbonyl (C=O) groups is 1. The summed E-state index contributed by atoms with van der Waals surface area (Å²) in [5.41, 5.74) is 1.88. The fourth-order valence-corrected chi connectivity index (χ4v) is 6.53. The van der Waals surface area contributed by atoms with E-state index in [9.17, 15) is 9.90 Å². The van der Waals surface area contributed by atoms with Gasteiger partial charge in [-0.2, -0.15) is 0 Å². The van der Waals surface area contributed by atoms with Crippen LogP contribution in [0.2, 0.25) is 10.0 Å². The van der Waals surface area contributed by atoms with Crippen LogP contribution in [0, 0.1) is 5.92 Å². The number of aliphatic hydroxyl groups excluding tert-OH is 1. The van der Waals surface area contributed by atoms with E-state index in [4.69, 9.17) is 32.7 Å². The third kappa shape index (κ3) is 5.96. The van der Waals surface area contributed by atoms with Gasteiger partial charge < -0.3 is 24.8 Å². The first-order valence-corrected chi connectivity index (χ1v) is 14.6. The van der Waals surface area contributed by atoms with Gasteiger partial charge in [0.05, 0.1) is 23.3 Å². The van der Waals surface area contributed by atoms with Gasteiger partial charge in [0, 0.05) is 43.1 Å². The van der Waals surface area contributed by atoms with Crippen LogP contribution in [0.15, 0.2) is 66.7 Å². The molecule has 2 aliphatic rings. The lowest BCUT2D eigenvalue weighted by atomic mass is 9.71. The van der Waals surface area contributed by atoms with Crippen molar-refractivity contribution in [3.63, 3.8) is 0 Å². The molecule has 3 aromatic carbocycles. The monoisotopic (exact) mass is 582 g/mol. The third-order valence-corrected chi connectivity index (χ3v) is 9.13. The maximum atomic E-state index is 13.2. The first-order valence-electron chi connectivity index (χ1n) is 13.8.